The fraction of sp³-hybridized carbons (Fsp3) is 0. The van der Waals surface area contributed by atoms with Gasteiger partial charge in [-0.05, 0) is 23.1 Å². The Labute approximate surface area is 137 Å². The summed E-state index contributed by atoms with van der Waals surface area (Å²) >= 11 is 0. The molecule has 0 unspecified atom stereocenters. The summed E-state index contributed by atoms with van der Waals surface area (Å²) in [7, 11) is 0. The minimum absolute atomic E-state index is 0. The molecule has 0 aliphatic carbocycles. The Hall–Kier alpha value is -0.0987. The average molecular weight is 235 g/mol. The molecule has 0 bridgehead atoms. The van der Waals surface area contributed by atoms with Crippen LogP contribution in [0.2, 0.25) is 0 Å². The Morgan fingerprint density at radius 1 is 0.812 bits per heavy atom. The quantitative estimate of drug-likeness (QED) is 0.674. The van der Waals surface area contributed by atoms with Crippen LogP contribution in [0.1, 0.15) is 0 Å². The number of rotatable bonds is 0. The Morgan fingerprint density at radius 3 is 1.75 bits per heavy atom. The fourth-order valence-corrected chi connectivity index (χ4v) is 1.88. The van der Waals surface area contributed by atoms with E-state index < -0.39 is 6.92 Å². The first-order chi connectivity index (χ1) is 7.36. The summed E-state index contributed by atoms with van der Waals surface area (Å²) in [5.74, 6) is 1.48. The van der Waals surface area contributed by atoms with E-state index >= 15 is 0 Å². The van der Waals surface area contributed by atoms with Crippen molar-refractivity contribution in [2.75, 3.05) is 0 Å². The van der Waals surface area contributed by atoms with Crippen LogP contribution in [0.3, 0.4) is 0 Å². The zero-order valence-electron chi connectivity index (χ0n) is 9.05. The van der Waals surface area contributed by atoms with Crippen LogP contribution in [-0.4, -0.2) is 63.3 Å². The SMILES string of the molecule is OB1c2ccccc2Oc2ccccc21.[K]. The third-order valence-electron chi connectivity index (χ3n) is 2.65. The fourth-order valence-electron chi connectivity index (χ4n) is 1.88. The van der Waals surface area contributed by atoms with Crippen molar-refractivity contribution in [1.82, 2.24) is 0 Å². The maximum atomic E-state index is 10.1. The van der Waals surface area contributed by atoms with Gasteiger partial charge in [-0.25, -0.2) is 0 Å². The van der Waals surface area contributed by atoms with Crippen molar-refractivity contribution in [2.24, 2.45) is 0 Å². The molecule has 0 aromatic heterocycles. The molecular weight excluding hydrogens is 226 g/mol. The molecule has 73 valence electrons. The molecule has 1 heterocycles. The van der Waals surface area contributed by atoms with E-state index in [2.05, 4.69) is 0 Å². The van der Waals surface area contributed by atoms with Crippen molar-refractivity contribution in [2.45, 2.75) is 0 Å². The Morgan fingerprint density at radius 2 is 1.25 bits per heavy atom. The van der Waals surface area contributed by atoms with E-state index in [0.29, 0.717) is 0 Å². The van der Waals surface area contributed by atoms with Crippen molar-refractivity contribution >= 4 is 69.2 Å². The van der Waals surface area contributed by atoms with Crippen LogP contribution in [0.5, 0.6) is 11.5 Å². The van der Waals surface area contributed by atoms with Gasteiger partial charge in [0.1, 0.15) is 11.5 Å². The third kappa shape index (κ3) is 2.01. The van der Waals surface area contributed by atoms with E-state index in [0.717, 1.165) is 22.4 Å². The van der Waals surface area contributed by atoms with Gasteiger partial charge in [-0.2, -0.15) is 0 Å². The minimum atomic E-state index is -0.578. The van der Waals surface area contributed by atoms with Gasteiger partial charge in [-0.3, -0.25) is 0 Å². The van der Waals surface area contributed by atoms with Crippen molar-refractivity contribution in [3.63, 3.8) is 0 Å². The molecule has 4 heteroatoms. The summed E-state index contributed by atoms with van der Waals surface area (Å²) in [6.07, 6.45) is 0. The van der Waals surface area contributed by atoms with Crippen LogP contribution in [0.15, 0.2) is 48.5 Å². The Balaban J connectivity index is 0.000000963. The maximum Gasteiger partial charge on any atom is 0.366 e. The van der Waals surface area contributed by atoms with Gasteiger partial charge in [0.15, 0.2) is 0 Å². The van der Waals surface area contributed by atoms with Crippen LogP contribution < -0.4 is 15.7 Å². The van der Waals surface area contributed by atoms with Crippen LogP contribution in [-0.2, 0) is 0 Å². The minimum Gasteiger partial charge on any atom is -0.458 e. The molecule has 2 nitrogen and oxygen atoms in total. The number of ether oxygens (including phenoxy) is 1. The van der Waals surface area contributed by atoms with Gasteiger partial charge >= 0.3 is 6.92 Å². The Bertz CT molecular complexity index is 470. The van der Waals surface area contributed by atoms with E-state index in [1.807, 2.05) is 48.5 Å². The van der Waals surface area contributed by atoms with Gasteiger partial charge in [0.2, 0.25) is 0 Å². The van der Waals surface area contributed by atoms with E-state index in [4.69, 9.17) is 4.74 Å². The standard InChI is InChI=1S/C12H9BO2.K/c14-13-9-5-1-3-7-11(9)15-12-8-4-2-6-10(12)13;/h1-8,14H;. The summed E-state index contributed by atoms with van der Waals surface area (Å²) in [4.78, 5) is 0. The molecule has 0 saturated carbocycles. The molecule has 1 radical (unpaired) electrons. The molecule has 2 aromatic rings. The number of para-hydroxylation sites is 2. The summed E-state index contributed by atoms with van der Waals surface area (Å²) in [6, 6.07) is 15.1. The molecule has 0 fully saturated rings. The van der Waals surface area contributed by atoms with Gasteiger partial charge in [0.25, 0.3) is 0 Å². The summed E-state index contributed by atoms with van der Waals surface area (Å²) in [5.41, 5.74) is 1.66. The first kappa shape index (κ1) is 12.4. The van der Waals surface area contributed by atoms with Crippen LogP contribution in [0.4, 0.5) is 0 Å². The molecule has 1 N–H and O–H groups in total. The van der Waals surface area contributed by atoms with E-state index in [-0.39, 0.29) is 51.4 Å². The molecule has 0 amide bonds. The first-order valence-electron chi connectivity index (χ1n) is 4.90. The van der Waals surface area contributed by atoms with Crippen molar-refractivity contribution in [3.8, 4) is 11.5 Å². The van der Waals surface area contributed by atoms with Gasteiger partial charge in [-0.15, -0.1) is 0 Å². The molecule has 0 spiro atoms. The number of hydrogen-bond donors (Lipinski definition) is 1. The molecule has 2 aromatic carbocycles. The van der Waals surface area contributed by atoms with Gasteiger partial charge in [-0.1, -0.05) is 36.4 Å². The van der Waals surface area contributed by atoms with Crippen LogP contribution in [0.25, 0.3) is 0 Å². The average Bonchev–Trinajstić information content (AvgIpc) is 2.30. The second-order valence-corrected chi connectivity index (χ2v) is 3.58. The number of hydrogen-bond acceptors (Lipinski definition) is 2. The first-order valence-corrected chi connectivity index (χ1v) is 4.90. The molecule has 1 aliphatic rings. The third-order valence-corrected chi connectivity index (χ3v) is 2.65. The number of benzene rings is 2. The maximum absolute atomic E-state index is 10.1. The summed E-state index contributed by atoms with van der Waals surface area (Å²) in [5, 5.41) is 10.1. The smallest absolute Gasteiger partial charge is 0.366 e. The van der Waals surface area contributed by atoms with E-state index in [9.17, 15) is 5.02 Å². The van der Waals surface area contributed by atoms with Crippen LogP contribution in [0, 0.1) is 0 Å². The van der Waals surface area contributed by atoms with Crippen molar-refractivity contribution in [3.05, 3.63) is 48.5 Å². The largest absolute Gasteiger partial charge is 0.458 e. The molecule has 3 rings (SSSR count). The van der Waals surface area contributed by atoms with E-state index in [1.165, 1.54) is 0 Å². The molecular formula is C12H9BKO2. The van der Waals surface area contributed by atoms with Gasteiger partial charge in [0, 0.05) is 51.4 Å². The number of fused-ring (bicyclic) bond motifs is 2. The summed E-state index contributed by atoms with van der Waals surface area (Å²) < 4.78 is 5.69. The Kier molecular flexibility index (Phi) is 3.89. The zero-order chi connectivity index (χ0) is 10.3. The second-order valence-electron chi connectivity index (χ2n) is 3.58. The monoisotopic (exact) mass is 235 g/mol. The molecule has 1 aliphatic heterocycles. The molecule has 16 heavy (non-hydrogen) atoms. The molecule has 0 saturated heterocycles. The topological polar surface area (TPSA) is 29.5 Å². The normalized spacial score (nSPS) is 11.9. The van der Waals surface area contributed by atoms with Gasteiger partial charge in [0.05, 0.1) is 0 Å². The van der Waals surface area contributed by atoms with Crippen molar-refractivity contribution < 1.29 is 9.76 Å². The van der Waals surface area contributed by atoms with Gasteiger partial charge < -0.3 is 9.76 Å². The van der Waals surface area contributed by atoms with Crippen molar-refractivity contribution in [1.29, 1.82) is 0 Å². The van der Waals surface area contributed by atoms with E-state index in [1.54, 1.807) is 0 Å². The molecule has 0 atom stereocenters. The summed E-state index contributed by atoms with van der Waals surface area (Å²) in [6.45, 7) is -0.578. The zero-order valence-corrected chi connectivity index (χ0v) is 12.2. The van der Waals surface area contributed by atoms with Crippen LogP contribution >= 0.6 is 0 Å². The predicted octanol–water partition coefficient (Wildman–Crippen LogP) is 0.509. The second kappa shape index (κ2) is 5.04. The predicted molar refractivity (Wildman–Crippen MR) is 66.0 cm³/mol.